The van der Waals surface area contributed by atoms with Gasteiger partial charge in [-0.25, -0.2) is 0 Å². The Balaban J connectivity index is 2.26. The van der Waals surface area contributed by atoms with Crippen LogP contribution in [0.15, 0.2) is 36.5 Å². The van der Waals surface area contributed by atoms with E-state index in [-0.39, 0.29) is 5.78 Å². The van der Waals surface area contributed by atoms with Crippen molar-refractivity contribution in [1.82, 2.24) is 4.98 Å². The summed E-state index contributed by atoms with van der Waals surface area (Å²) in [5.41, 5.74) is 1.59. The summed E-state index contributed by atoms with van der Waals surface area (Å²) in [6.45, 7) is 3.04. The number of hydrogen-bond donors (Lipinski definition) is 0. The van der Waals surface area contributed by atoms with Gasteiger partial charge < -0.3 is 4.74 Å². The molecule has 0 atom stereocenters. The highest BCUT2D eigenvalue weighted by molar-refractivity contribution is 6.07. The third kappa shape index (κ3) is 2.68. The van der Waals surface area contributed by atoms with Gasteiger partial charge in [0.15, 0.2) is 5.78 Å². The molecule has 1 aromatic carbocycles. The normalized spacial score (nSPS) is 10.6. The molecule has 2 aromatic rings. The zero-order chi connectivity index (χ0) is 12.1. The van der Waals surface area contributed by atoms with E-state index < -0.39 is 0 Å². The average Bonchev–Trinajstić information content (AvgIpc) is 2.38. The fourth-order valence-corrected chi connectivity index (χ4v) is 1.79. The number of ketones is 1. The molecule has 3 nitrogen and oxygen atoms in total. The highest BCUT2D eigenvalue weighted by Gasteiger charge is 2.09. The minimum absolute atomic E-state index is 0.108. The van der Waals surface area contributed by atoms with E-state index in [1.54, 1.807) is 6.20 Å². The van der Waals surface area contributed by atoms with Crippen LogP contribution in [0.5, 0.6) is 0 Å². The van der Waals surface area contributed by atoms with Gasteiger partial charge in [-0.1, -0.05) is 18.2 Å². The number of carbonyl (C=O) groups excluding carboxylic acids is 1. The summed E-state index contributed by atoms with van der Waals surface area (Å²) in [4.78, 5) is 16.3. The monoisotopic (exact) mass is 229 g/mol. The minimum atomic E-state index is 0.108. The summed E-state index contributed by atoms with van der Waals surface area (Å²) in [6.07, 6.45) is 2.15. The summed E-state index contributed by atoms with van der Waals surface area (Å²) < 4.78 is 5.20. The van der Waals surface area contributed by atoms with E-state index in [0.717, 1.165) is 16.5 Å². The third-order valence-electron chi connectivity index (χ3n) is 2.62. The van der Waals surface area contributed by atoms with E-state index in [0.29, 0.717) is 19.6 Å². The van der Waals surface area contributed by atoms with Gasteiger partial charge in [0.25, 0.3) is 0 Å². The number of fused-ring (bicyclic) bond motifs is 1. The van der Waals surface area contributed by atoms with E-state index in [4.69, 9.17) is 4.74 Å². The van der Waals surface area contributed by atoms with Gasteiger partial charge in [-0.3, -0.25) is 9.78 Å². The van der Waals surface area contributed by atoms with Gasteiger partial charge in [0, 0.05) is 30.2 Å². The molecule has 0 saturated heterocycles. The number of benzene rings is 1. The molecule has 0 radical (unpaired) electrons. The molecule has 3 heteroatoms. The predicted octanol–water partition coefficient (Wildman–Crippen LogP) is 2.84. The molecule has 17 heavy (non-hydrogen) atoms. The molecular formula is C14H15NO2. The summed E-state index contributed by atoms with van der Waals surface area (Å²) in [5.74, 6) is 0.108. The van der Waals surface area contributed by atoms with Crippen molar-refractivity contribution >= 4 is 16.7 Å². The molecule has 2 rings (SSSR count). The number of pyridine rings is 1. The molecule has 0 amide bonds. The molecule has 0 aliphatic carbocycles. The van der Waals surface area contributed by atoms with Gasteiger partial charge >= 0.3 is 0 Å². The number of hydrogen-bond acceptors (Lipinski definition) is 3. The van der Waals surface area contributed by atoms with Gasteiger partial charge in [-0.15, -0.1) is 0 Å². The second-order valence-electron chi connectivity index (χ2n) is 3.75. The smallest absolute Gasteiger partial charge is 0.165 e. The van der Waals surface area contributed by atoms with Crippen molar-refractivity contribution in [3.8, 4) is 0 Å². The highest BCUT2D eigenvalue weighted by atomic mass is 16.5. The highest BCUT2D eigenvalue weighted by Crippen LogP contribution is 2.17. The fourth-order valence-electron chi connectivity index (χ4n) is 1.79. The molecule has 0 saturated carbocycles. The number of carbonyl (C=O) groups is 1. The van der Waals surface area contributed by atoms with Crippen molar-refractivity contribution in [3.05, 3.63) is 42.1 Å². The lowest BCUT2D eigenvalue weighted by molar-refractivity contribution is 0.0897. The zero-order valence-electron chi connectivity index (χ0n) is 9.85. The Morgan fingerprint density at radius 1 is 1.29 bits per heavy atom. The zero-order valence-corrected chi connectivity index (χ0v) is 9.85. The first kappa shape index (κ1) is 11.7. The first-order chi connectivity index (χ1) is 8.33. The maximum atomic E-state index is 12.0. The molecule has 1 aromatic heterocycles. The van der Waals surface area contributed by atoms with Crippen LogP contribution in [0.2, 0.25) is 0 Å². The van der Waals surface area contributed by atoms with Crippen molar-refractivity contribution in [2.75, 3.05) is 13.2 Å². The van der Waals surface area contributed by atoms with E-state index >= 15 is 0 Å². The maximum Gasteiger partial charge on any atom is 0.165 e. The molecule has 1 heterocycles. The molecule has 0 fully saturated rings. The van der Waals surface area contributed by atoms with Crippen molar-refractivity contribution in [2.45, 2.75) is 13.3 Å². The second kappa shape index (κ2) is 5.55. The van der Waals surface area contributed by atoms with Gasteiger partial charge in [0.05, 0.1) is 12.1 Å². The minimum Gasteiger partial charge on any atom is -0.381 e. The quantitative estimate of drug-likeness (QED) is 0.584. The summed E-state index contributed by atoms with van der Waals surface area (Å²) in [6, 6.07) is 9.40. The Morgan fingerprint density at radius 3 is 3.00 bits per heavy atom. The topological polar surface area (TPSA) is 39.2 Å². The van der Waals surface area contributed by atoms with Crippen LogP contribution in [0.25, 0.3) is 10.9 Å². The number of Topliss-reactive ketones (excluding diaryl/α,β-unsaturated/α-hetero) is 1. The number of nitrogens with zero attached hydrogens (tertiary/aromatic N) is 1. The van der Waals surface area contributed by atoms with Gasteiger partial charge in [0.2, 0.25) is 0 Å². The molecule has 0 bridgehead atoms. The average molecular weight is 229 g/mol. The maximum absolute atomic E-state index is 12.0. The lowest BCUT2D eigenvalue weighted by Crippen LogP contribution is -2.05. The predicted molar refractivity (Wildman–Crippen MR) is 67.2 cm³/mol. The summed E-state index contributed by atoms with van der Waals surface area (Å²) >= 11 is 0. The van der Waals surface area contributed by atoms with Crippen LogP contribution in [-0.2, 0) is 4.74 Å². The standard InChI is InChI=1S/C14H15NO2/c1-2-17-10-8-14(16)12-5-3-7-13-11(12)6-4-9-15-13/h3-7,9H,2,8,10H2,1H3. The number of rotatable bonds is 5. The van der Waals surface area contributed by atoms with Crippen LogP contribution in [0, 0.1) is 0 Å². The Labute approximate surface area is 100 Å². The fraction of sp³-hybridized carbons (Fsp3) is 0.286. The second-order valence-corrected chi connectivity index (χ2v) is 3.75. The van der Waals surface area contributed by atoms with Crippen LogP contribution in [0.1, 0.15) is 23.7 Å². The van der Waals surface area contributed by atoms with Crippen LogP contribution >= 0.6 is 0 Å². The largest absolute Gasteiger partial charge is 0.381 e. The number of ether oxygens (including phenoxy) is 1. The molecule has 0 unspecified atom stereocenters. The SMILES string of the molecule is CCOCCC(=O)c1cccc2ncccc12. The van der Waals surface area contributed by atoms with Crippen LogP contribution in [-0.4, -0.2) is 24.0 Å². The Hall–Kier alpha value is -1.74. The first-order valence-corrected chi connectivity index (χ1v) is 5.77. The molecule has 0 spiro atoms. The molecule has 88 valence electrons. The van der Waals surface area contributed by atoms with E-state index in [1.165, 1.54) is 0 Å². The molecule has 0 N–H and O–H groups in total. The van der Waals surface area contributed by atoms with E-state index in [9.17, 15) is 4.79 Å². The Kier molecular flexibility index (Phi) is 3.83. The van der Waals surface area contributed by atoms with Crippen molar-refractivity contribution in [3.63, 3.8) is 0 Å². The molecule has 0 aliphatic heterocycles. The van der Waals surface area contributed by atoms with Crippen LogP contribution < -0.4 is 0 Å². The van der Waals surface area contributed by atoms with Crippen LogP contribution in [0.4, 0.5) is 0 Å². The number of aromatic nitrogens is 1. The summed E-state index contributed by atoms with van der Waals surface area (Å²) in [5, 5.41) is 0.913. The molecule has 0 aliphatic rings. The Morgan fingerprint density at radius 2 is 2.18 bits per heavy atom. The van der Waals surface area contributed by atoms with E-state index in [2.05, 4.69) is 4.98 Å². The lowest BCUT2D eigenvalue weighted by atomic mass is 10.0. The van der Waals surface area contributed by atoms with Crippen molar-refractivity contribution in [1.29, 1.82) is 0 Å². The van der Waals surface area contributed by atoms with Crippen molar-refractivity contribution < 1.29 is 9.53 Å². The van der Waals surface area contributed by atoms with Gasteiger partial charge in [0.1, 0.15) is 0 Å². The van der Waals surface area contributed by atoms with Gasteiger partial charge in [-0.05, 0) is 19.1 Å². The first-order valence-electron chi connectivity index (χ1n) is 5.77. The Bertz CT molecular complexity index is 517. The van der Waals surface area contributed by atoms with Crippen LogP contribution in [0.3, 0.4) is 0 Å². The van der Waals surface area contributed by atoms with E-state index in [1.807, 2.05) is 37.3 Å². The molecular weight excluding hydrogens is 214 g/mol. The van der Waals surface area contributed by atoms with Crippen molar-refractivity contribution in [2.24, 2.45) is 0 Å². The summed E-state index contributed by atoms with van der Waals surface area (Å²) in [7, 11) is 0. The third-order valence-corrected chi connectivity index (χ3v) is 2.62. The van der Waals surface area contributed by atoms with Gasteiger partial charge in [-0.2, -0.15) is 0 Å². The lowest BCUT2D eigenvalue weighted by Gasteiger charge is -2.05.